The smallest absolute Gasteiger partial charge is 0.0442 e. The molecule has 4 heteroatoms. The van der Waals surface area contributed by atoms with Crippen LogP contribution in [0.3, 0.4) is 0 Å². The van der Waals surface area contributed by atoms with Crippen LogP contribution in [0.4, 0.5) is 0 Å². The molecular formula is C24H14S4. The van der Waals surface area contributed by atoms with Crippen molar-refractivity contribution in [1.82, 2.24) is 0 Å². The van der Waals surface area contributed by atoms with Crippen LogP contribution in [0, 0.1) is 0 Å². The fraction of sp³-hybridized carbons (Fsp3) is 0. The van der Waals surface area contributed by atoms with Crippen LogP contribution in [0.1, 0.15) is 0 Å². The summed E-state index contributed by atoms with van der Waals surface area (Å²) in [5.41, 5.74) is 5.43. The van der Waals surface area contributed by atoms with Gasteiger partial charge in [-0.3, -0.25) is 0 Å². The molecule has 134 valence electrons. The third kappa shape index (κ3) is 2.53. The summed E-state index contributed by atoms with van der Waals surface area (Å²) in [4.78, 5) is 2.75. The van der Waals surface area contributed by atoms with Crippen molar-refractivity contribution in [3.63, 3.8) is 0 Å². The largest absolute Gasteiger partial charge is 0.152 e. The SMILES string of the molecule is c1ccc2c(-c3c(-c4ccsc4)sc4ccccc34)c(-c3ccsc3)sc2c1. The van der Waals surface area contributed by atoms with Crippen molar-refractivity contribution in [1.29, 1.82) is 0 Å². The summed E-state index contributed by atoms with van der Waals surface area (Å²) in [5.74, 6) is 0. The van der Waals surface area contributed by atoms with E-state index in [0.717, 1.165) is 0 Å². The molecule has 0 aliphatic carbocycles. The number of thiophene rings is 4. The first kappa shape index (κ1) is 16.7. The number of hydrogen-bond donors (Lipinski definition) is 0. The lowest BCUT2D eigenvalue weighted by atomic mass is 9.95. The van der Waals surface area contributed by atoms with Gasteiger partial charge in [0.25, 0.3) is 0 Å². The van der Waals surface area contributed by atoms with Crippen molar-refractivity contribution in [3.05, 3.63) is 82.2 Å². The number of rotatable bonds is 3. The number of benzene rings is 2. The first-order valence-corrected chi connectivity index (χ1v) is 12.5. The topological polar surface area (TPSA) is 0 Å². The third-order valence-electron chi connectivity index (χ3n) is 5.01. The zero-order valence-electron chi connectivity index (χ0n) is 14.7. The van der Waals surface area contributed by atoms with Gasteiger partial charge in [0.15, 0.2) is 0 Å². The van der Waals surface area contributed by atoms with Crippen LogP contribution < -0.4 is 0 Å². The summed E-state index contributed by atoms with van der Waals surface area (Å²) >= 11 is 7.35. The van der Waals surface area contributed by atoms with Crippen molar-refractivity contribution >= 4 is 65.5 Å². The Hall–Kier alpha value is -2.24. The Morgan fingerprint density at radius 1 is 0.500 bits per heavy atom. The maximum absolute atomic E-state index is 2.28. The van der Waals surface area contributed by atoms with E-state index < -0.39 is 0 Å². The van der Waals surface area contributed by atoms with E-state index in [1.165, 1.54) is 52.2 Å². The van der Waals surface area contributed by atoms with Gasteiger partial charge in [0.2, 0.25) is 0 Å². The summed E-state index contributed by atoms with van der Waals surface area (Å²) < 4.78 is 2.70. The first-order chi connectivity index (χ1) is 13.9. The van der Waals surface area contributed by atoms with E-state index >= 15 is 0 Å². The van der Waals surface area contributed by atoms with E-state index in [-0.39, 0.29) is 0 Å². The van der Waals surface area contributed by atoms with Crippen LogP contribution in [0.25, 0.3) is 52.2 Å². The molecule has 0 radical (unpaired) electrons. The molecule has 6 aromatic rings. The standard InChI is InChI=1S/C24H14S4/c1-3-7-19-17(5-1)21(23(27-19)15-9-11-25-13-15)22-18-6-2-4-8-20(18)28-24(22)16-10-12-26-14-16/h1-14H. The highest BCUT2D eigenvalue weighted by Gasteiger charge is 2.23. The molecule has 2 aromatic carbocycles. The van der Waals surface area contributed by atoms with E-state index in [4.69, 9.17) is 0 Å². The maximum Gasteiger partial charge on any atom is 0.0442 e. The van der Waals surface area contributed by atoms with E-state index in [1.54, 1.807) is 22.7 Å². The van der Waals surface area contributed by atoms with Crippen molar-refractivity contribution in [2.45, 2.75) is 0 Å². The minimum Gasteiger partial charge on any atom is -0.152 e. The van der Waals surface area contributed by atoms with Gasteiger partial charge in [-0.15, -0.1) is 22.7 Å². The van der Waals surface area contributed by atoms with Gasteiger partial charge in [-0.25, -0.2) is 0 Å². The second-order valence-corrected chi connectivity index (χ2v) is 10.3. The number of hydrogen-bond acceptors (Lipinski definition) is 4. The van der Waals surface area contributed by atoms with Crippen LogP contribution in [0.2, 0.25) is 0 Å². The highest BCUT2D eigenvalue weighted by molar-refractivity contribution is 7.24. The lowest BCUT2D eigenvalue weighted by molar-refractivity contribution is 1.79. The van der Waals surface area contributed by atoms with Gasteiger partial charge in [0.1, 0.15) is 0 Å². The van der Waals surface area contributed by atoms with Gasteiger partial charge in [0, 0.05) is 52.2 Å². The van der Waals surface area contributed by atoms with Gasteiger partial charge in [-0.1, -0.05) is 36.4 Å². The lowest BCUT2D eigenvalue weighted by Gasteiger charge is -2.07. The van der Waals surface area contributed by atoms with E-state index in [9.17, 15) is 0 Å². The normalized spacial score (nSPS) is 11.6. The lowest BCUT2D eigenvalue weighted by Crippen LogP contribution is -1.81. The maximum atomic E-state index is 2.28. The number of fused-ring (bicyclic) bond motifs is 2. The molecule has 0 amide bonds. The third-order valence-corrected chi connectivity index (χ3v) is 8.81. The van der Waals surface area contributed by atoms with Crippen LogP contribution >= 0.6 is 45.3 Å². The molecule has 0 saturated carbocycles. The molecule has 0 aliphatic rings. The van der Waals surface area contributed by atoms with E-state index in [2.05, 4.69) is 82.2 Å². The van der Waals surface area contributed by atoms with Crippen LogP contribution in [0.5, 0.6) is 0 Å². The van der Waals surface area contributed by atoms with Crippen LogP contribution in [-0.4, -0.2) is 0 Å². The fourth-order valence-electron chi connectivity index (χ4n) is 3.78. The quantitative estimate of drug-likeness (QED) is 0.262. The Kier molecular flexibility index (Phi) is 3.98. The Morgan fingerprint density at radius 2 is 0.964 bits per heavy atom. The van der Waals surface area contributed by atoms with Crippen molar-refractivity contribution in [2.24, 2.45) is 0 Å². The molecule has 0 aliphatic heterocycles. The molecule has 28 heavy (non-hydrogen) atoms. The zero-order valence-corrected chi connectivity index (χ0v) is 18.0. The monoisotopic (exact) mass is 430 g/mol. The Balaban J connectivity index is 1.79. The highest BCUT2D eigenvalue weighted by atomic mass is 32.1. The summed E-state index contributed by atoms with van der Waals surface area (Å²) in [7, 11) is 0. The zero-order chi connectivity index (χ0) is 18.5. The van der Waals surface area contributed by atoms with E-state index in [0.29, 0.717) is 0 Å². The second kappa shape index (κ2) is 6.68. The van der Waals surface area contributed by atoms with Crippen molar-refractivity contribution in [2.75, 3.05) is 0 Å². The van der Waals surface area contributed by atoms with Crippen molar-refractivity contribution in [3.8, 4) is 32.0 Å². The van der Waals surface area contributed by atoms with Crippen molar-refractivity contribution < 1.29 is 0 Å². The summed E-state index contributed by atoms with van der Waals surface area (Å²) in [6, 6.07) is 22.2. The average Bonchev–Trinajstić information content (AvgIpc) is 3.52. The summed E-state index contributed by atoms with van der Waals surface area (Å²) in [5, 5.41) is 11.6. The predicted molar refractivity (Wildman–Crippen MR) is 129 cm³/mol. The molecule has 0 atom stereocenters. The van der Waals surface area contributed by atoms with Gasteiger partial charge in [-0.05, 0) is 45.8 Å². The van der Waals surface area contributed by atoms with Gasteiger partial charge in [0.05, 0.1) is 0 Å². The second-order valence-electron chi connectivity index (χ2n) is 6.63. The van der Waals surface area contributed by atoms with Crippen LogP contribution in [-0.2, 0) is 0 Å². The molecule has 0 saturated heterocycles. The summed E-state index contributed by atoms with van der Waals surface area (Å²) in [6.45, 7) is 0. The molecule has 6 rings (SSSR count). The Bertz CT molecular complexity index is 1290. The predicted octanol–water partition coefficient (Wildman–Crippen LogP) is 9.24. The van der Waals surface area contributed by atoms with E-state index in [1.807, 2.05) is 22.7 Å². The minimum atomic E-state index is 1.33. The molecule has 0 fully saturated rings. The van der Waals surface area contributed by atoms with Gasteiger partial charge in [-0.2, -0.15) is 22.7 Å². The molecule has 0 bridgehead atoms. The molecule has 0 N–H and O–H groups in total. The molecule has 4 heterocycles. The molecule has 0 spiro atoms. The highest BCUT2D eigenvalue weighted by Crippen LogP contribution is 2.53. The fourth-order valence-corrected chi connectivity index (χ4v) is 7.63. The molecule has 4 aromatic heterocycles. The Labute approximate surface area is 179 Å². The minimum absolute atomic E-state index is 1.33. The van der Waals surface area contributed by atoms with Gasteiger partial charge < -0.3 is 0 Å². The average molecular weight is 431 g/mol. The molecule has 0 unspecified atom stereocenters. The first-order valence-electron chi connectivity index (χ1n) is 8.99. The summed E-state index contributed by atoms with van der Waals surface area (Å²) in [6.07, 6.45) is 0. The Morgan fingerprint density at radius 3 is 1.39 bits per heavy atom. The molecule has 0 nitrogen and oxygen atoms in total. The molecular weight excluding hydrogens is 417 g/mol. The van der Waals surface area contributed by atoms with Crippen LogP contribution in [0.15, 0.2) is 82.2 Å². The van der Waals surface area contributed by atoms with Gasteiger partial charge >= 0.3 is 0 Å².